The number of aromatic nitrogens is 3. The summed E-state index contributed by atoms with van der Waals surface area (Å²) in [6.07, 6.45) is 1.56. The number of hydrogen-bond acceptors (Lipinski definition) is 4. The third-order valence-corrected chi connectivity index (χ3v) is 7.98. The number of carbonyl (C=O) groups excluding carboxylic acids is 2. The van der Waals surface area contributed by atoms with Crippen LogP contribution in [-0.4, -0.2) is 37.1 Å². The van der Waals surface area contributed by atoms with Crippen LogP contribution in [0.2, 0.25) is 10.0 Å². The van der Waals surface area contributed by atoms with Crippen LogP contribution in [-0.2, 0) is 10.7 Å². The number of aryl methyl sites for hydroxylation is 1. The van der Waals surface area contributed by atoms with E-state index in [1.165, 1.54) is 10.7 Å². The SMILES string of the molecule is Cc1cc(Cl)cc(C(=O)N=S(C(C)C)C(C)C)c1NC(=O)c1cc(Br)nn1-c1ncccc1Cl. The second-order valence-corrected chi connectivity index (χ2v) is 12.4. The van der Waals surface area contributed by atoms with Crippen molar-refractivity contribution in [3.05, 3.63) is 68.0 Å². The fourth-order valence-electron chi connectivity index (χ4n) is 3.36. The standard InChI is InChI=1S/C23H24BrCl2N5O2S/c1-12(2)34(13(3)4)30-22(32)16-10-15(25)9-14(5)20(16)28-23(33)18-11-19(24)29-31(18)21-17(26)7-6-8-27-21/h6-13H,1-5H3,(H,28,33). The van der Waals surface area contributed by atoms with Gasteiger partial charge in [-0.15, -0.1) is 0 Å². The summed E-state index contributed by atoms with van der Waals surface area (Å²) in [5.41, 5.74) is 1.39. The Labute approximate surface area is 219 Å². The normalized spacial score (nSPS) is 11.4. The topological polar surface area (TPSA) is 89.2 Å². The number of hydrogen-bond donors (Lipinski definition) is 1. The van der Waals surface area contributed by atoms with Gasteiger partial charge in [-0.25, -0.2) is 9.67 Å². The molecule has 34 heavy (non-hydrogen) atoms. The maximum absolute atomic E-state index is 13.3. The number of rotatable bonds is 6. The van der Waals surface area contributed by atoms with Gasteiger partial charge in [-0.3, -0.25) is 9.59 Å². The van der Waals surface area contributed by atoms with Crippen LogP contribution in [0.4, 0.5) is 5.69 Å². The third-order valence-electron chi connectivity index (χ3n) is 4.78. The average molecular weight is 585 g/mol. The Hall–Kier alpha value is -2.07. The largest absolute Gasteiger partial charge is 0.320 e. The number of carbonyl (C=O) groups is 2. The van der Waals surface area contributed by atoms with E-state index in [0.29, 0.717) is 31.7 Å². The Morgan fingerprint density at radius 2 is 1.82 bits per heavy atom. The molecular weight excluding hydrogens is 561 g/mol. The lowest BCUT2D eigenvalue weighted by atomic mass is 10.1. The van der Waals surface area contributed by atoms with Crippen LogP contribution < -0.4 is 5.32 Å². The van der Waals surface area contributed by atoms with E-state index >= 15 is 0 Å². The lowest BCUT2D eigenvalue weighted by molar-refractivity contribution is 0.101. The minimum Gasteiger partial charge on any atom is -0.320 e. The molecule has 3 aromatic rings. The Morgan fingerprint density at radius 1 is 1.15 bits per heavy atom. The van der Waals surface area contributed by atoms with Crippen molar-refractivity contribution in [3.8, 4) is 5.82 Å². The summed E-state index contributed by atoms with van der Waals surface area (Å²) in [6, 6.07) is 8.10. The van der Waals surface area contributed by atoms with E-state index in [4.69, 9.17) is 23.2 Å². The molecule has 2 heterocycles. The zero-order valence-electron chi connectivity index (χ0n) is 19.3. The van der Waals surface area contributed by atoms with Crippen molar-refractivity contribution in [2.24, 2.45) is 4.36 Å². The molecule has 0 saturated carbocycles. The minimum atomic E-state index is -0.494. The first-order chi connectivity index (χ1) is 16.0. The van der Waals surface area contributed by atoms with Crippen molar-refractivity contribution >= 4 is 67.3 Å². The van der Waals surface area contributed by atoms with Crippen LogP contribution in [0.1, 0.15) is 54.1 Å². The Kier molecular flexibility index (Phi) is 8.67. The van der Waals surface area contributed by atoms with Gasteiger partial charge in [0.2, 0.25) is 0 Å². The molecule has 0 fully saturated rings. The molecule has 11 heteroatoms. The fourth-order valence-corrected chi connectivity index (χ4v) is 6.01. The molecule has 1 N–H and O–H groups in total. The first kappa shape index (κ1) is 26.5. The minimum absolute atomic E-state index is 0.182. The zero-order valence-corrected chi connectivity index (χ0v) is 23.2. The number of benzene rings is 1. The highest BCUT2D eigenvalue weighted by atomic mass is 79.9. The monoisotopic (exact) mass is 583 g/mol. The lowest BCUT2D eigenvalue weighted by Crippen LogP contribution is -2.21. The molecule has 0 aliphatic rings. The molecule has 0 atom stereocenters. The first-order valence-electron chi connectivity index (χ1n) is 10.5. The van der Waals surface area contributed by atoms with Gasteiger partial charge >= 0.3 is 0 Å². The highest BCUT2D eigenvalue weighted by Gasteiger charge is 2.23. The smallest absolute Gasteiger partial charge is 0.285 e. The van der Waals surface area contributed by atoms with Gasteiger partial charge in [0.05, 0.1) is 16.3 Å². The summed E-state index contributed by atoms with van der Waals surface area (Å²) in [7, 11) is -0.480. The van der Waals surface area contributed by atoms with E-state index < -0.39 is 22.5 Å². The number of anilines is 1. The zero-order chi connectivity index (χ0) is 25.2. The Balaban J connectivity index is 2.05. The van der Waals surface area contributed by atoms with Gasteiger partial charge in [-0.05, 0) is 52.7 Å². The Morgan fingerprint density at radius 3 is 2.44 bits per heavy atom. The van der Waals surface area contributed by atoms with Crippen molar-refractivity contribution < 1.29 is 9.59 Å². The van der Waals surface area contributed by atoms with Crippen LogP contribution in [0.25, 0.3) is 5.82 Å². The van der Waals surface area contributed by atoms with Crippen molar-refractivity contribution in [2.75, 3.05) is 5.32 Å². The van der Waals surface area contributed by atoms with Gasteiger partial charge < -0.3 is 5.32 Å². The Bertz CT molecular complexity index is 1280. The molecule has 1 aromatic carbocycles. The number of pyridine rings is 1. The molecular formula is C23H24BrCl2N5O2S. The molecule has 0 radical (unpaired) electrons. The van der Waals surface area contributed by atoms with Crippen LogP contribution in [0, 0.1) is 6.92 Å². The molecule has 0 aliphatic heterocycles. The molecule has 2 amide bonds. The molecule has 0 spiro atoms. The lowest BCUT2D eigenvalue weighted by Gasteiger charge is -2.17. The molecule has 3 rings (SSSR count). The number of nitrogens with zero attached hydrogens (tertiary/aromatic N) is 4. The molecule has 2 aromatic heterocycles. The van der Waals surface area contributed by atoms with Gasteiger partial charge in [0.15, 0.2) is 5.82 Å². The van der Waals surface area contributed by atoms with E-state index in [1.54, 1.807) is 37.4 Å². The molecule has 0 saturated heterocycles. The highest BCUT2D eigenvalue weighted by Crippen LogP contribution is 2.29. The van der Waals surface area contributed by atoms with Crippen molar-refractivity contribution in [3.63, 3.8) is 0 Å². The number of nitrogens with one attached hydrogen (secondary N) is 1. The van der Waals surface area contributed by atoms with Crippen molar-refractivity contribution in [1.29, 1.82) is 0 Å². The summed E-state index contributed by atoms with van der Waals surface area (Å²) >= 11 is 15.8. The van der Waals surface area contributed by atoms with E-state index in [1.807, 2.05) is 27.7 Å². The van der Waals surface area contributed by atoms with Gasteiger partial charge in [-0.2, -0.15) is 9.46 Å². The predicted molar refractivity (Wildman–Crippen MR) is 143 cm³/mol. The van der Waals surface area contributed by atoms with Gasteiger partial charge in [0.1, 0.15) is 10.3 Å². The molecule has 0 unspecified atom stereocenters. The van der Waals surface area contributed by atoms with E-state index in [-0.39, 0.29) is 21.8 Å². The average Bonchev–Trinajstić information content (AvgIpc) is 3.14. The van der Waals surface area contributed by atoms with Crippen molar-refractivity contribution in [2.45, 2.75) is 45.1 Å². The summed E-state index contributed by atoms with van der Waals surface area (Å²) in [5, 5.41) is 8.28. The summed E-state index contributed by atoms with van der Waals surface area (Å²) in [6.45, 7) is 9.91. The summed E-state index contributed by atoms with van der Waals surface area (Å²) in [4.78, 5) is 30.8. The van der Waals surface area contributed by atoms with Crippen LogP contribution in [0.3, 0.4) is 0 Å². The van der Waals surface area contributed by atoms with Crippen molar-refractivity contribution in [1.82, 2.24) is 14.8 Å². The molecule has 0 aliphatic carbocycles. The second-order valence-electron chi connectivity index (χ2n) is 8.01. The number of halogens is 3. The van der Waals surface area contributed by atoms with Gasteiger partial charge in [-0.1, -0.05) is 61.6 Å². The molecule has 7 nitrogen and oxygen atoms in total. The molecule has 0 bridgehead atoms. The van der Waals surface area contributed by atoms with E-state index in [9.17, 15) is 9.59 Å². The van der Waals surface area contributed by atoms with E-state index in [0.717, 1.165) is 0 Å². The van der Waals surface area contributed by atoms with Gasteiger partial charge in [0, 0.05) is 27.8 Å². The fraction of sp³-hybridized carbons (Fsp3) is 0.304. The van der Waals surface area contributed by atoms with Crippen LogP contribution >= 0.6 is 39.1 Å². The predicted octanol–water partition coefficient (Wildman–Crippen LogP) is 6.66. The van der Waals surface area contributed by atoms with Crippen LogP contribution in [0.5, 0.6) is 0 Å². The second kappa shape index (κ2) is 11.1. The van der Waals surface area contributed by atoms with Gasteiger partial charge in [0.25, 0.3) is 11.8 Å². The van der Waals surface area contributed by atoms with Crippen LogP contribution in [0.15, 0.2) is 45.5 Å². The number of amides is 2. The summed E-state index contributed by atoms with van der Waals surface area (Å²) in [5.74, 6) is -0.614. The highest BCUT2D eigenvalue weighted by molar-refractivity contribution is 9.10. The summed E-state index contributed by atoms with van der Waals surface area (Å²) < 4.78 is 6.24. The maximum atomic E-state index is 13.3. The van der Waals surface area contributed by atoms with E-state index in [2.05, 4.69) is 35.7 Å². The first-order valence-corrected chi connectivity index (χ1v) is 13.3. The third kappa shape index (κ3) is 5.94. The maximum Gasteiger partial charge on any atom is 0.285 e. The quantitative estimate of drug-likeness (QED) is 0.351. The molecule has 180 valence electrons.